The van der Waals surface area contributed by atoms with Crippen LogP contribution in [0.2, 0.25) is 0 Å². The smallest absolute Gasteiger partial charge is 0.252 e. The third-order valence-corrected chi connectivity index (χ3v) is 18.5. The zero-order valence-electron chi connectivity index (χ0n) is 43.8. The number of para-hydroxylation sites is 2. The zero-order valence-corrected chi connectivity index (χ0v) is 43.8. The van der Waals surface area contributed by atoms with E-state index >= 15 is 0 Å². The van der Waals surface area contributed by atoms with E-state index in [2.05, 4.69) is 240 Å². The summed E-state index contributed by atoms with van der Waals surface area (Å²) in [6, 6.07) is 61.1. The van der Waals surface area contributed by atoms with Crippen LogP contribution in [0.1, 0.15) is 123 Å². The van der Waals surface area contributed by atoms with Gasteiger partial charge in [0, 0.05) is 63.2 Å². The third-order valence-electron chi connectivity index (χ3n) is 18.5. The van der Waals surface area contributed by atoms with Gasteiger partial charge in [-0.25, -0.2) is 0 Å². The van der Waals surface area contributed by atoms with Crippen molar-refractivity contribution in [2.45, 2.75) is 128 Å². The second-order valence-corrected chi connectivity index (χ2v) is 24.6. The van der Waals surface area contributed by atoms with Gasteiger partial charge >= 0.3 is 0 Å². The lowest BCUT2D eigenvalue weighted by Gasteiger charge is -2.51. The largest absolute Gasteiger partial charge is 0.334 e. The summed E-state index contributed by atoms with van der Waals surface area (Å²) in [7, 11) is 0. The number of fused-ring (bicyclic) bond motifs is 8. The number of rotatable bonds is 5. The van der Waals surface area contributed by atoms with Crippen molar-refractivity contribution >= 4 is 68.6 Å². The summed E-state index contributed by atoms with van der Waals surface area (Å²) in [5.74, 6) is 0. The molecule has 2 atom stereocenters. The number of nitrogens with zero attached hydrogens (tertiary/aromatic N) is 4. The molecule has 4 heterocycles. The molecule has 2 aliphatic carbocycles. The highest BCUT2D eigenvalue weighted by Gasteiger charge is 2.58. The highest BCUT2D eigenvalue weighted by molar-refractivity contribution is 7.00. The Kier molecular flexibility index (Phi) is 9.90. The van der Waals surface area contributed by atoms with Crippen LogP contribution in [-0.4, -0.2) is 17.2 Å². The fourth-order valence-corrected chi connectivity index (χ4v) is 14.1. The first-order valence-electron chi connectivity index (χ1n) is 26.7. The monoisotopic (exact) mass is 939 g/mol. The molecule has 358 valence electrons. The molecule has 1 fully saturated rings. The fourth-order valence-electron chi connectivity index (χ4n) is 14.1. The molecule has 1 aromatic heterocycles. The van der Waals surface area contributed by atoms with Crippen molar-refractivity contribution in [2.24, 2.45) is 0 Å². The average Bonchev–Trinajstić information content (AvgIpc) is 3.60. The van der Waals surface area contributed by atoms with Gasteiger partial charge in [-0.2, -0.15) is 0 Å². The van der Waals surface area contributed by atoms with E-state index in [0.29, 0.717) is 0 Å². The molecule has 4 nitrogen and oxygen atoms in total. The summed E-state index contributed by atoms with van der Waals surface area (Å²) < 4.78 is 0. The van der Waals surface area contributed by atoms with Gasteiger partial charge in [0.25, 0.3) is 6.71 Å². The molecule has 8 aromatic rings. The highest BCUT2D eigenvalue weighted by atomic mass is 15.3. The van der Waals surface area contributed by atoms with E-state index in [-0.39, 0.29) is 33.9 Å². The Hall–Kier alpha value is -6.85. The molecule has 2 unspecified atom stereocenters. The number of hydrogen-bond acceptors (Lipinski definition) is 4. The van der Waals surface area contributed by atoms with Crippen LogP contribution in [0.3, 0.4) is 0 Å². The molecule has 0 amide bonds. The fraction of sp³-hybridized carbons (Fsp3) is 0.299. The SMILES string of the molecule is CC(C)(C)c1ccc(N2c3cc4c(cc3B3c5ccccc5N(c5ccccc5)c5cc(N6c7ccc(-c8cccnc8)cc7C7(C)CCCCC67C)cc2c53)C(C)(C)CCC4(C)C)c(-c2ccccc2)c1. The lowest BCUT2D eigenvalue weighted by Crippen LogP contribution is -2.62. The van der Waals surface area contributed by atoms with Crippen LogP contribution in [0.15, 0.2) is 170 Å². The summed E-state index contributed by atoms with van der Waals surface area (Å²) in [4.78, 5) is 12.7. The standard InChI is InChI=1S/C67H67BN4/c1-63(2,3)47-29-31-56(50(38-47)44-21-12-10-13-22-44)71-59-42-52-51(64(4,5)34-35-65(52,6)7)41-55(59)68-54-26-16-17-27-58(54)70(48-24-14-11-15-25-48)60-39-49(40-61(71)62(60)68)72-57-30-28-45(46-23-20-36-69-43-46)37-53(57)66(8)32-18-19-33-67(66,72)9/h10-17,20-31,36-43H,18-19,32-35H2,1-9H3. The van der Waals surface area contributed by atoms with Gasteiger partial charge in [-0.1, -0.05) is 159 Å². The van der Waals surface area contributed by atoms with E-state index < -0.39 is 0 Å². The molecule has 0 bridgehead atoms. The van der Waals surface area contributed by atoms with Crippen molar-refractivity contribution in [1.29, 1.82) is 0 Å². The maximum atomic E-state index is 4.56. The second kappa shape index (κ2) is 15.8. The van der Waals surface area contributed by atoms with E-state index in [1.807, 2.05) is 12.4 Å². The summed E-state index contributed by atoms with van der Waals surface area (Å²) in [5, 5.41) is 0. The first-order valence-corrected chi connectivity index (χ1v) is 26.7. The van der Waals surface area contributed by atoms with Gasteiger partial charge in [-0.15, -0.1) is 0 Å². The van der Waals surface area contributed by atoms with Crippen LogP contribution in [0.4, 0.5) is 45.5 Å². The Labute approximate surface area is 428 Å². The third kappa shape index (κ3) is 6.54. The van der Waals surface area contributed by atoms with E-state index in [0.717, 1.165) is 31.2 Å². The molecule has 0 radical (unpaired) electrons. The normalized spacial score (nSPS) is 21.0. The number of benzene rings is 7. The minimum atomic E-state index is -0.179. The zero-order chi connectivity index (χ0) is 49.5. The van der Waals surface area contributed by atoms with Gasteiger partial charge < -0.3 is 14.7 Å². The van der Waals surface area contributed by atoms with Crippen molar-refractivity contribution in [3.8, 4) is 22.3 Å². The number of aromatic nitrogens is 1. The Morgan fingerprint density at radius 3 is 1.85 bits per heavy atom. The van der Waals surface area contributed by atoms with Crippen molar-refractivity contribution in [1.82, 2.24) is 4.98 Å². The van der Waals surface area contributed by atoms with Gasteiger partial charge in [-0.3, -0.25) is 4.98 Å². The quantitative estimate of drug-likeness (QED) is 0.160. The number of pyridine rings is 1. The van der Waals surface area contributed by atoms with Gasteiger partial charge in [0.2, 0.25) is 0 Å². The molecule has 72 heavy (non-hydrogen) atoms. The van der Waals surface area contributed by atoms with E-state index in [1.165, 1.54) is 114 Å². The van der Waals surface area contributed by atoms with Gasteiger partial charge in [0.15, 0.2) is 0 Å². The number of anilines is 8. The first kappa shape index (κ1) is 45.0. The lowest BCUT2D eigenvalue weighted by molar-refractivity contribution is 0.195. The molecule has 0 N–H and O–H groups in total. The van der Waals surface area contributed by atoms with Crippen LogP contribution in [0.25, 0.3) is 22.3 Å². The summed E-state index contributed by atoms with van der Waals surface area (Å²) in [6.07, 6.45) is 10.9. The lowest BCUT2D eigenvalue weighted by atomic mass is 9.33. The molecule has 1 saturated carbocycles. The molecular formula is C67H67BN4. The predicted molar refractivity (Wildman–Crippen MR) is 306 cm³/mol. The van der Waals surface area contributed by atoms with Crippen LogP contribution < -0.4 is 31.1 Å². The Morgan fingerprint density at radius 2 is 1.12 bits per heavy atom. The molecule has 0 spiro atoms. The Morgan fingerprint density at radius 1 is 0.472 bits per heavy atom. The molecule has 13 rings (SSSR count). The molecule has 3 aliphatic heterocycles. The topological polar surface area (TPSA) is 22.6 Å². The van der Waals surface area contributed by atoms with Crippen LogP contribution >= 0.6 is 0 Å². The van der Waals surface area contributed by atoms with E-state index in [4.69, 9.17) is 0 Å². The van der Waals surface area contributed by atoms with E-state index in [9.17, 15) is 0 Å². The predicted octanol–water partition coefficient (Wildman–Crippen LogP) is 15.9. The molecular weight excluding hydrogens is 872 g/mol. The maximum absolute atomic E-state index is 4.56. The van der Waals surface area contributed by atoms with Gasteiger partial charge in [0.1, 0.15) is 0 Å². The summed E-state index contributed by atoms with van der Waals surface area (Å²) in [6.45, 7) is 22.1. The van der Waals surface area contributed by atoms with Gasteiger partial charge in [-0.05, 0) is 171 Å². The van der Waals surface area contributed by atoms with Crippen molar-refractivity contribution in [2.75, 3.05) is 14.7 Å². The molecule has 5 aliphatic rings. The van der Waals surface area contributed by atoms with Crippen molar-refractivity contribution < 1.29 is 0 Å². The minimum absolute atomic E-state index is 0.00932. The summed E-state index contributed by atoms with van der Waals surface area (Å²) >= 11 is 0. The maximum Gasteiger partial charge on any atom is 0.252 e. The average molecular weight is 939 g/mol. The second-order valence-electron chi connectivity index (χ2n) is 24.6. The highest BCUT2D eigenvalue weighted by Crippen LogP contribution is 2.62. The Bertz CT molecular complexity index is 3460. The van der Waals surface area contributed by atoms with Crippen LogP contribution in [0, 0.1) is 0 Å². The van der Waals surface area contributed by atoms with Crippen LogP contribution in [-0.2, 0) is 21.7 Å². The van der Waals surface area contributed by atoms with Crippen molar-refractivity contribution in [3.05, 3.63) is 192 Å². The molecule has 5 heteroatoms. The molecule has 0 saturated heterocycles. The van der Waals surface area contributed by atoms with Gasteiger partial charge in [0.05, 0.1) is 11.2 Å². The summed E-state index contributed by atoms with van der Waals surface area (Å²) in [5.41, 5.74) is 24.5. The minimum Gasteiger partial charge on any atom is -0.334 e. The first-order chi connectivity index (χ1) is 34.6. The molecule has 7 aromatic carbocycles. The van der Waals surface area contributed by atoms with E-state index in [1.54, 1.807) is 0 Å². The Balaban J connectivity index is 1.17. The number of hydrogen-bond donors (Lipinski definition) is 0. The van der Waals surface area contributed by atoms with Crippen molar-refractivity contribution in [3.63, 3.8) is 0 Å². The van der Waals surface area contributed by atoms with Crippen LogP contribution in [0.5, 0.6) is 0 Å².